The van der Waals surface area contributed by atoms with Gasteiger partial charge >= 0.3 is 5.97 Å². The number of fused-ring (bicyclic) bond motifs is 1. The molecule has 0 aromatic heterocycles. The van der Waals surface area contributed by atoms with Gasteiger partial charge in [0, 0.05) is 0 Å². The minimum Gasteiger partial charge on any atom is -0.481 e. The lowest BCUT2D eigenvalue weighted by Gasteiger charge is -2.20. The largest absolute Gasteiger partial charge is 0.481 e. The van der Waals surface area contributed by atoms with Crippen LogP contribution < -0.4 is 0 Å². The maximum absolute atomic E-state index is 13.1. The molecule has 0 spiro atoms. The number of carbonyl (C=O) groups is 1. The molecule has 0 saturated heterocycles. The van der Waals surface area contributed by atoms with Crippen molar-refractivity contribution in [3.8, 4) is 0 Å². The molecule has 1 N–H and O–H groups in total. The average molecular weight is 232 g/mol. The van der Waals surface area contributed by atoms with Gasteiger partial charge in [0.15, 0.2) is 0 Å². The first kappa shape index (κ1) is 11.6. The van der Waals surface area contributed by atoms with Crippen LogP contribution in [0.5, 0.6) is 0 Å². The Morgan fingerprint density at radius 3 is 2.41 bits per heavy atom. The van der Waals surface area contributed by atoms with Crippen LogP contribution in [0.2, 0.25) is 0 Å². The summed E-state index contributed by atoms with van der Waals surface area (Å²) in [6.07, 6.45) is 0. The van der Waals surface area contributed by atoms with Gasteiger partial charge in [-0.05, 0) is 48.4 Å². The van der Waals surface area contributed by atoms with Crippen molar-refractivity contribution in [3.05, 3.63) is 47.8 Å². The molecule has 0 aliphatic rings. The van der Waals surface area contributed by atoms with Gasteiger partial charge in [-0.15, -0.1) is 0 Å². The SMILES string of the molecule is CC(C)(C(=O)O)c1ccc2ccc(F)cc2c1. The first-order valence-corrected chi connectivity index (χ1v) is 5.34. The molecule has 0 bridgehead atoms. The summed E-state index contributed by atoms with van der Waals surface area (Å²) in [4.78, 5) is 11.2. The van der Waals surface area contributed by atoms with E-state index in [0.717, 1.165) is 10.8 Å². The van der Waals surface area contributed by atoms with Crippen LogP contribution in [0.25, 0.3) is 10.8 Å². The summed E-state index contributed by atoms with van der Waals surface area (Å²) in [7, 11) is 0. The smallest absolute Gasteiger partial charge is 0.313 e. The summed E-state index contributed by atoms with van der Waals surface area (Å²) < 4.78 is 13.1. The standard InChI is InChI=1S/C14H13FO2/c1-14(2,13(16)17)11-5-3-9-4-6-12(15)8-10(9)7-11/h3-8H,1-2H3,(H,16,17). The maximum atomic E-state index is 13.1. The van der Waals surface area contributed by atoms with Crippen molar-refractivity contribution in [1.29, 1.82) is 0 Å². The monoisotopic (exact) mass is 232 g/mol. The van der Waals surface area contributed by atoms with Gasteiger partial charge in [-0.25, -0.2) is 4.39 Å². The van der Waals surface area contributed by atoms with Crippen molar-refractivity contribution >= 4 is 16.7 Å². The first-order chi connectivity index (χ1) is 7.91. The van der Waals surface area contributed by atoms with E-state index in [0.29, 0.717) is 5.56 Å². The molecule has 3 heteroatoms. The van der Waals surface area contributed by atoms with E-state index < -0.39 is 11.4 Å². The zero-order valence-electron chi connectivity index (χ0n) is 9.70. The highest BCUT2D eigenvalue weighted by Gasteiger charge is 2.29. The molecule has 0 aliphatic heterocycles. The summed E-state index contributed by atoms with van der Waals surface area (Å²) in [5.41, 5.74) is -0.302. The predicted molar refractivity (Wildman–Crippen MR) is 64.6 cm³/mol. The van der Waals surface area contributed by atoms with E-state index in [1.165, 1.54) is 12.1 Å². The zero-order valence-corrected chi connectivity index (χ0v) is 9.70. The van der Waals surface area contributed by atoms with Gasteiger partial charge in [-0.2, -0.15) is 0 Å². The van der Waals surface area contributed by atoms with Gasteiger partial charge in [0.1, 0.15) is 5.82 Å². The van der Waals surface area contributed by atoms with Gasteiger partial charge in [0.2, 0.25) is 0 Å². The van der Waals surface area contributed by atoms with Gasteiger partial charge in [-0.3, -0.25) is 4.79 Å². The van der Waals surface area contributed by atoms with Crippen LogP contribution in [0, 0.1) is 5.82 Å². The molecular formula is C14H13FO2. The second-order valence-corrected chi connectivity index (χ2v) is 4.64. The van der Waals surface area contributed by atoms with Crippen molar-refractivity contribution < 1.29 is 14.3 Å². The highest BCUT2D eigenvalue weighted by Crippen LogP contribution is 2.27. The molecule has 0 radical (unpaired) electrons. The van der Waals surface area contributed by atoms with E-state index >= 15 is 0 Å². The van der Waals surface area contributed by atoms with E-state index in [2.05, 4.69) is 0 Å². The van der Waals surface area contributed by atoms with E-state index in [4.69, 9.17) is 5.11 Å². The third-order valence-corrected chi connectivity index (χ3v) is 3.06. The van der Waals surface area contributed by atoms with E-state index in [9.17, 15) is 9.18 Å². The van der Waals surface area contributed by atoms with E-state index in [1.54, 1.807) is 32.0 Å². The molecule has 0 fully saturated rings. The highest BCUT2D eigenvalue weighted by molar-refractivity contribution is 5.87. The van der Waals surface area contributed by atoms with Crippen LogP contribution in [0.15, 0.2) is 36.4 Å². The number of benzene rings is 2. The Bertz CT molecular complexity index is 588. The molecule has 2 aromatic carbocycles. The Kier molecular flexibility index (Phi) is 2.62. The fraction of sp³-hybridized carbons (Fsp3) is 0.214. The summed E-state index contributed by atoms with van der Waals surface area (Å²) in [6.45, 7) is 3.27. The zero-order chi connectivity index (χ0) is 12.6. The molecule has 0 amide bonds. The fourth-order valence-corrected chi connectivity index (χ4v) is 1.73. The number of rotatable bonds is 2. The molecule has 0 aliphatic carbocycles. The first-order valence-electron chi connectivity index (χ1n) is 5.34. The average Bonchev–Trinajstić information content (AvgIpc) is 2.27. The molecule has 0 atom stereocenters. The number of hydrogen-bond acceptors (Lipinski definition) is 1. The van der Waals surface area contributed by atoms with Crippen molar-refractivity contribution in [2.24, 2.45) is 0 Å². The molecule has 0 heterocycles. The molecule has 2 aromatic rings. The summed E-state index contributed by atoms with van der Waals surface area (Å²) in [5, 5.41) is 10.8. The summed E-state index contributed by atoms with van der Waals surface area (Å²) in [6, 6.07) is 9.80. The Balaban J connectivity index is 2.62. The van der Waals surface area contributed by atoms with Gasteiger partial charge < -0.3 is 5.11 Å². The lowest BCUT2D eigenvalue weighted by atomic mass is 9.84. The van der Waals surface area contributed by atoms with Crippen molar-refractivity contribution in [1.82, 2.24) is 0 Å². The number of carboxylic acids is 1. The molecular weight excluding hydrogens is 219 g/mol. The fourth-order valence-electron chi connectivity index (χ4n) is 1.73. The normalized spacial score (nSPS) is 11.7. The van der Waals surface area contributed by atoms with Crippen molar-refractivity contribution in [2.45, 2.75) is 19.3 Å². The highest BCUT2D eigenvalue weighted by atomic mass is 19.1. The third kappa shape index (κ3) is 2.00. The Morgan fingerprint density at radius 1 is 1.12 bits per heavy atom. The van der Waals surface area contributed by atoms with Crippen LogP contribution in [-0.2, 0) is 10.2 Å². The second kappa shape index (κ2) is 3.84. The molecule has 17 heavy (non-hydrogen) atoms. The molecule has 88 valence electrons. The lowest BCUT2D eigenvalue weighted by Crippen LogP contribution is -2.28. The van der Waals surface area contributed by atoms with Crippen molar-refractivity contribution in [2.75, 3.05) is 0 Å². The summed E-state index contributed by atoms with van der Waals surface area (Å²) in [5.74, 6) is -1.21. The topological polar surface area (TPSA) is 37.3 Å². The Hall–Kier alpha value is -1.90. The second-order valence-electron chi connectivity index (χ2n) is 4.64. The quantitative estimate of drug-likeness (QED) is 0.862. The summed E-state index contributed by atoms with van der Waals surface area (Å²) >= 11 is 0. The minimum atomic E-state index is -0.972. The third-order valence-electron chi connectivity index (χ3n) is 3.06. The van der Waals surface area contributed by atoms with Crippen molar-refractivity contribution in [3.63, 3.8) is 0 Å². The van der Waals surface area contributed by atoms with Gasteiger partial charge in [-0.1, -0.05) is 18.2 Å². The molecule has 0 saturated carbocycles. The van der Waals surface area contributed by atoms with Crippen LogP contribution in [0.3, 0.4) is 0 Å². The molecule has 2 nitrogen and oxygen atoms in total. The maximum Gasteiger partial charge on any atom is 0.313 e. The minimum absolute atomic E-state index is 0.317. The number of carboxylic acid groups (broad SMARTS) is 1. The number of hydrogen-bond donors (Lipinski definition) is 1. The number of halogens is 1. The van der Waals surface area contributed by atoms with E-state index in [-0.39, 0.29) is 5.82 Å². The molecule has 0 unspecified atom stereocenters. The van der Waals surface area contributed by atoms with Crippen LogP contribution in [0.4, 0.5) is 4.39 Å². The van der Waals surface area contributed by atoms with Gasteiger partial charge in [0.05, 0.1) is 5.41 Å². The Labute approximate surface area is 98.7 Å². The van der Waals surface area contributed by atoms with E-state index in [1.807, 2.05) is 6.07 Å². The number of aliphatic carboxylic acids is 1. The molecule has 2 rings (SSSR count). The Morgan fingerprint density at radius 2 is 1.76 bits per heavy atom. The lowest BCUT2D eigenvalue weighted by molar-refractivity contribution is -0.142. The predicted octanol–water partition coefficient (Wildman–Crippen LogP) is 3.34. The van der Waals surface area contributed by atoms with Crippen LogP contribution >= 0.6 is 0 Å². The van der Waals surface area contributed by atoms with Crippen LogP contribution in [0.1, 0.15) is 19.4 Å². The van der Waals surface area contributed by atoms with Crippen LogP contribution in [-0.4, -0.2) is 11.1 Å². The van der Waals surface area contributed by atoms with Gasteiger partial charge in [0.25, 0.3) is 0 Å².